The Balaban J connectivity index is 3.01. The molecular formula is C14H24N2O. The molecule has 0 amide bonds. The fourth-order valence-corrected chi connectivity index (χ4v) is 1.79. The first-order chi connectivity index (χ1) is 7.77. The average molecular weight is 236 g/mol. The van der Waals surface area contributed by atoms with Crippen molar-refractivity contribution in [2.45, 2.75) is 47.1 Å². The number of nitrogens with zero attached hydrogens (tertiary/aromatic N) is 1. The lowest BCUT2D eigenvalue weighted by atomic mass is 9.84. The van der Waals surface area contributed by atoms with Gasteiger partial charge in [0.1, 0.15) is 5.75 Å². The number of aromatic nitrogens is 1. The molecule has 1 aromatic heterocycles. The van der Waals surface area contributed by atoms with Gasteiger partial charge < -0.3 is 10.5 Å². The van der Waals surface area contributed by atoms with Crippen molar-refractivity contribution < 1.29 is 4.74 Å². The maximum Gasteiger partial charge on any atom is 0.128 e. The van der Waals surface area contributed by atoms with E-state index in [9.17, 15) is 0 Å². The highest BCUT2D eigenvalue weighted by molar-refractivity contribution is 5.41. The average Bonchev–Trinajstić information content (AvgIpc) is 2.21. The van der Waals surface area contributed by atoms with Crippen LogP contribution in [0.15, 0.2) is 6.20 Å². The van der Waals surface area contributed by atoms with E-state index in [2.05, 4.69) is 25.8 Å². The molecule has 1 rings (SSSR count). The topological polar surface area (TPSA) is 48.1 Å². The van der Waals surface area contributed by atoms with E-state index in [0.29, 0.717) is 0 Å². The Bertz CT molecular complexity index is 394. The van der Waals surface area contributed by atoms with Crippen molar-refractivity contribution in [2.24, 2.45) is 11.1 Å². The molecule has 3 nitrogen and oxygen atoms in total. The molecule has 1 heterocycles. The first kappa shape index (κ1) is 14.0. The third-order valence-electron chi connectivity index (χ3n) is 3.28. The number of aryl methyl sites for hydroxylation is 1. The van der Waals surface area contributed by atoms with E-state index < -0.39 is 0 Å². The molecule has 1 atom stereocenters. The van der Waals surface area contributed by atoms with Crippen LogP contribution in [0.1, 0.15) is 37.6 Å². The van der Waals surface area contributed by atoms with E-state index >= 15 is 0 Å². The van der Waals surface area contributed by atoms with Crippen LogP contribution in [0.2, 0.25) is 0 Å². The van der Waals surface area contributed by atoms with E-state index in [0.717, 1.165) is 29.0 Å². The fourth-order valence-electron chi connectivity index (χ4n) is 1.79. The quantitative estimate of drug-likeness (QED) is 0.877. The van der Waals surface area contributed by atoms with Gasteiger partial charge in [0, 0.05) is 35.5 Å². The largest absolute Gasteiger partial charge is 0.496 e. The summed E-state index contributed by atoms with van der Waals surface area (Å²) in [5, 5.41) is 0. The Labute approximate surface area is 104 Å². The van der Waals surface area contributed by atoms with E-state index in [1.54, 1.807) is 7.11 Å². The fraction of sp³-hybridized carbons (Fsp3) is 0.643. The summed E-state index contributed by atoms with van der Waals surface area (Å²) < 4.78 is 5.40. The van der Waals surface area contributed by atoms with Crippen molar-refractivity contribution in [3.8, 4) is 5.75 Å². The number of hydrogen-bond acceptors (Lipinski definition) is 3. The summed E-state index contributed by atoms with van der Waals surface area (Å²) in [6.45, 7) is 10.5. The highest BCUT2D eigenvalue weighted by Gasteiger charge is 2.22. The Morgan fingerprint density at radius 1 is 1.35 bits per heavy atom. The van der Waals surface area contributed by atoms with Crippen molar-refractivity contribution in [1.29, 1.82) is 0 Å². The van der Waals surface area contributed by atoms with E-state index in [1.165, 1.54) is 0 Å². The number of ether oxygens (including phenoxy) is 1. The second-order valence-electron chi connectivity index (χ2n) is 5.72. The molecule has 3 heteroatoms. The molecule has 0 saturated carbocycles. The summed E-state index contributed by atoms with van der Waals surface area (Å²) in [5.41, 5.74) is 9.50. The summed E-state index contributed by atoms with van der Waals surface area (Å²) in [6, 6.07) is 0.0983. The third kappa shape index (κ3) is 3.19. The van der Waals surface area contributed by atoms with Crippen LogP contribution >= 0.6 is 0 Å². The number of rotatable bonds is 3. The first-order valence-electron chi connectivity index (χ1n) is 6.02. The SMILES string of the molecule is COc1c(C)cnc(CC(N)C(C)(C)C)c1C. The zero-order chi connectivity index (χ0) is 13.2. The summed E-state index contributed by atoms with van der Waals surface area (Å²) >= 11 is 0. The van der Waals surface area contributed by atoms with E-state index in [1.807, 2.05) is 20.0 Å². The van der Waals surface area contributed by atoms with Crippen molar-refractivity contribution in [2.75, 3.05) is 7.11 Å². The summed E-state index contributed by atoms with van der Waals surface area (Å²) in [6.07, 6.45) is 2.64. The molecule has 0 aliphatic carbocycles. The molecule has 1 aromatic rings. The highest BCUT2D eigenvalue weighted by atomic mass is 16.5. The minimum absolute atomic E-state index is 0.0895. The highest BCUT2D eigenvalue weighted by Crippen LogP contribution is 2.27. The van der Waals surface area contributed by atoms with E-state index in [-0.39, 0.29) is 11.5 Å². The number of nitrogens with two attached hydrogens (primary N) is 1. The van der Waals surface area contributed by atoms with Crippen LogP contribution in [0.5, 0.6) is 5.75 Å². The standard InChI is InChI=1S/C14H24N2O/c1-9-8-16-11(10(2)13(9)17-6)7-12(15)14(3,4)5/h8,12H,7,15H2,1-6H3. The Kier molecular flexibility index (Phi) is 4.15. The van der Waals surface area contributed by atoms with Crippen LogP contribution in [0.3, 0.4) is 0 Å². The van der Waals surface area contributed by atoms with Crippen LogP contribution in [-0.4, -0.2) is 18.1 Å². The van der Waals surface area contributed by atoms with Gasteiger partial charge in [-0.2, -0.15) is 0 Å². The van der Waals surface area contributed by atoms with Gasteiger partial charge in [0.2, 0.25) is 0 Å². The summed E-state index contributed by atoms with van der Waals surface area (Å²) in [4.78, 5) is 4.48. The van der Waals surface area contributed by atoms with Gasteiger partial charge in [0.25, 0.3) is 0 Å². The number of pyridine rings is 1. The second kappa shape index (κ2) is 5.05. The summed E-state index contributed by atoms with van der Waals surface area (Å²) in [7, 11) is 1.70. The van der Waals surface area contributed by atoms with Gasteiger partial charge in [-0.25, -0.2) is 0 Å². The third-order valence-corrected chi connectivity index (χ3v) is 3.28. The molecule has 0 aliphatic heterocycles. The zero-order valence-corrected chi connectivity index (χ0v) is 11.8. The molecule has 17 heavy (non-hydrogen) atoms. The predicted molar refractivity (Wildman–Crippen MR) is 71.4 cm³/mol. The molecule has 0 aromatic carbocycles. The monoisotopic (exact) mass is 236 g/mol. The lowest BCUT2D eigenvalue weighted by Crippen LogP contribution is -2.37. The van der Waals surface area contributed by atoms with Gasteiger partial charge in [-0.1, -0.05) is 20.8 Å². The van der Waals surface area contributed by atoms with Crippen molar-refractivity contribution in [3.05, 3.63) is 23.0 Å². The minimum atomic E-state index is 0.0895. The molecule has 0 bridgehead atoms. The van der Waals surface area contributed by atoms with Crippen molar-refractivity contribution >= 4 is 0 Å². The molecule has 0 fully saturated rings. The maximum atomic E-state index is 6.20. The molecule has 0 radical (unpaired) electrons. The van der Waals surface area contributed by atoms with E-state index in [4.69, 9.17) is 10.5 Å². The van der Waals surface area contributed by atoms with Gasteiger partial charge in [-0.15, -0.1) is 0 Å². The van der Waals surface area contributed by atoms with Gasteiger partial charge in [0.05, 0.1) is 7.11 Å². The van der Waals surface area contributed by atoms with Crippen LogP contribution in [0, 0.1) is 19.3 Å². The molecule has 2 N–H and O–H groups in total. The molecule has 1 unspecified atom stereocenters. The Morgan fingerprint density at radius 3 is 2.41 bits per heavy atom. The predicted octanol–water partition coefficient (Wildman–Crippen LogP) is 2.62. The first-order valence-corrected chi connectivity index (χ1v) is 6.02. The second-order valence-corrected chi connectivity index (χ2v) is 5.72. The number of hydrogen-bond donors (Lipinski definition) is 1. The Morgan fingerprint density at radius 2 is 1.94 bits per heavy atom. The summed E-state index contributed by atoms with van der Waals surface area (Å²) in [5.74, 6) is 0.927. The zero-order valence-electron chi connectivity index (χ0n) is 11.8. The molecule has 0 aliphatic rings. The molecular weight excluding hydrogens is 212 g/mol. The number of methoxy groups -OCH3 is 1. The van der Waals surface area contributed by atoms with Crippen molar-refractivity contribution in [3.63, 3.8) is 0 Å². The molecule has 0 spiro atoms. The van der Waals surface area contributed by atoms with Crippen molar-refractivity contribution in [1.82, 2.24) is 4.98 Å². The molecule has 96 valence electrons. The van der Waals surface area contributed by atoms with Crippen LogP contribution < -0.4 is 10.5 Å². The van der Waals surface area contributed by atoms with Gasteiger partial charge in [-0.3, -0.25) is 4.98 Å². The minimum Gasteiger partial charge on any atom is -0.496 e. The lowest BCUT2D eigenvalue weighted by Gasteiger charge is -2.27. The molecule has 0 saturated heterocycles. The smallest absolute Gasteiger partial charge is 0.128 e. The lowest BCUT2D eigenvalue weighted by molar-refractivity contribution is 0.316. The van der Waals surface area contributed by atoms with Crippen LogP contribution in [0.25, 0.3) is 0 Å². The van der Waals surface area contributed by atoms with Gasteiger partial charge >= 0.3 is 0 Å². The maximum absolute atomic E-state index is 6.20. The van der Waals surface area contributed by atoms with Gasteiger partial charge in [-0.05, 0) is 19.3 Å². The normalized spacial score (nSPS) is 13.6. The Hall–Kier alpha value is -1.09. The van der Waals surface area contributed by atoms with Crippen LogP contribution in [0.4, 0.5) is 0 Å². The van der Waals surface area contributed by atoms with Gasteiger partial charge in [0.15, 0.2) is 0 Å². The van der Waals surface area contributed by atoms with Crippen LogP contribution in [-0.2, 0) is 6.42 Å².